The molecule has 1 aromatic carbocycles. The maximum absolute atomic E-state index is 13.7. The number of carbonyl (C=O) groups excluding carboxylic acids is 3. The number of ketones is 2. The number of hydrogen-bond donors (Lipinski definition) is 5. The van der Waals surface area contributed by atoms with E-state index >= 15 is 0 Å². The molecule has 10 nitrogen and oxygen atoms in total. The molecule has 1 fully saturated rings. The van der Waals surface area contributed by atoms with Crippen LogP contribution in [0.25, 0.3) is 5.76 Å². The molecule has 0 aromatic heterocycles. The number of aliphatic hydroxyl groups excluding tert-OH is 2. The number of likely N-dealkylation sites (N-methyl/N-ethyl adjacent to an activating group) is 1. The largest absolute Gasteiger partial charge is 0.508 e. The molecule has 0 bridgehead atoms. The van der Waals surface area contributed by atoms with Gasteiger partial charge in [-0.15, -0.1) is 0 Å². The number of ether oxygens (including phenoxy) is 1. The molecule has 0 radical (unpaired) electrons. The minimum Gasteiger partial charge on any atom is -0.508 e. The molecule has 0 spiro atoms. The molecule has 6 N–H and O–H groups in total. The highest BCUT2D eigenvalue weighted by molar-refractivity contribution is 6.24. The average molecular weight is 487 g/mol. The summed E-state index contributed by atoms with van der Waals surface area (Å²) in [6, 6.07) is 1.84. The SMILES string of the molecule is CCCCOc1ccc(O)c2c1CC1CC3C(N(C)C)C(=O)C(C(N)=O)=C(O)C3(O)C(=O)C1=C2O. The molecule has 0 saturated heterocycles. The van der Waals surface area contributed by atoms with Crippen molar-refractivity contribution in [1.29, 1.82) is 0 Å². The fourth-order valence-corrected chi connectivity index (χ4v) is 5.68. The average Bonchev–Trinajstić information content (AvgIpc) is 2.77. The maximum atomic E-state index is 13.7. The lowest BCUT2D eigenvalue weighted by molar-refractivity contribution is -0.153. The third kappa shape index (κ3) is 3.51. The van der Waals surface area contributed by atoms with Crippen LogP contribution < -0.4 is 10.5 Å². The van der Waals surface area contributed by atoms with Crippen LogP contribution in [0.5, 0.6) is 11.5 Å². The van der Waals surface area contributed by atoms with Gasteiger partial charge in [-0.1, -0.05) is 13.3 Å². The fraction of sp³-hybridized carbons (Fsp3) is 0.480. The van der Waals surface area contributed by atoms with Gasteiger partial charge in [0, 0.05) is 17.1 Å². The highest BCUT2D eigenvalue weighted by Crippen LogP contribution is 2.53. The minimum atomic E-state index is -2.64. The topological polar surface area (TPSA) is 171 Å². The van der Waals surface area contributed by atoms with Crippen molar-refractivity contribution in [3.63, 3.8) is 0 Å². The number of hydrogen-bond acceptors (Lipinski definition) is 9. The van der Waals surface area contributed by atoms with E-state index in [1.54, 1.807) is 20.2 Å². The van der Waals surface area contributed by atoms with E-state index in [4.69, 9.17) is 10.5 Å². The van der Waals surface area contributed by atoms with E-state index < -0.39 is 58.0 Å². The van der Waals surface area contributed by atoms with E-state index in [0.717, 1.165) is 12.8 Å². The molecule has 3 aliphatic rings. The van der Waals surface area contributed by atoms with E-state index in [9.17, 15) is 34.8 Å². The number of aliphatic hydroxyl groups is 3. The smallest absolute Gasteiger partial charge is 0.255 e. The van der Waals surface area contributed by atoms with Crippen molar-refractivity contribution < 1.29 is 39.5 Å². The molecule has 4 rings (SSSR count). The highest BCUT2D eigenvalue weighted by atomic mass is 16.5. The van der Waals surface area contributed by atoms with Crippen molar-refractivity contribution in [2.75, 3.05) is 20.7 Å². The lowest BCUT2D eigenvalue weighted by Gasteiger charge is -2.50. The van der Waals surface area contributed by atoms with Crippen LogP contribution in [0.3, 0.4) is 0 Å². The molecule has 0 aliphatic heterocycles. The quantitative estimate of drug-likeness (QED) is 0.292. The molecule has 188 valence electrons. The number of carbonyl (C=O) groups is 3. The highest BCUT2D eigenvalue weighted by Gasteiger charge is 2.64. The molecule has 1 saturated carbocycles. The number of unbranched alkanes of at least 4 members (excludes halogenated alkanes) is 1. The van der Waals surface area contributed by atoms with Crippen molar-refractivity contribution in [2.45, 2.75) is 44.2 Å². The molecule has 0 heterocycles. The Morgan fingerprint density at radius 3 is 2.51 bits per heavy atom. The molecule has 35 heavy (non-hydrogen) atoms. The predicted octanol–water partition coefficient (Wildman–Crippen LogP) is 1.14. The number of Topliss-reactive ketones (excluding diaryl/α,β-unsaturated/α-hetero) is 2. The maximum Gasteiger partial charge on any atom is 0.255 e. The van der Waals surface area contributed by atoms with Gasteiger partial charge in [-0.05, 0) is 51.4 Å². The van der Waals surface area contributed by atoms with Gasteiger partial charge >= 0.3 is 0 Å². The van der Waals surface area contributed by atoms with Gasteiger partial charge in [0.15, 0.2) is 11.4 Å². The Kier molecular flexibility index (Phi) is 6.14. The number of primary amides is 1. The minimum absolute atomic E-state index is 0.0234. The van der Waals surface area contributed by atoms with Gasteiger partial charge in [0.1, 0.15) is 28.6 Å². The molecular weight excluding hydrogens is 456 g/mol. The van der Waals surface area contributed by atoms with Gasteiger partial charge < -0.3 is 30.9 Å². The van der Waals surface area contributed by atoms with E-state index in [0.29, 0.717) is 17.9 Å². The Bertz CT molecular complexity index is 1180. The van der Waals surface area contributed by atoms with E-state index in [1.807, 2.05) is 6.92 Å². The second-order valence-corrected chi connectivity index (χ2v) is 9.60. The van der Waals surface area contributed by atoms with Gasteiger partial charge in [0.2, 0.25) is 5.78 Å². The number of phenolic OH excluding ortho intramolecular Hbond substituents is 1. The third-order valence-corrected chi connectivity index (χ3v) is 7.32. The Hall–Kier alpha value is -3.37. The first-order valence-electron chi connectivity index (χ1n) is 11.6. The summed E-state index contributed by atoms with van der Waals surface area (Å²) >= 11 is 0. The molecule has 1 aromatic rings. The van der Waals surface area contributed by atoms with Crippen LogP contribution in [0.1, 0.15) is 37.3 Å². The van der Waals surface area contributed by atoms with Gasteiger partial charge in [-0.2, -0.15) is 0 Å². The number of amides is 1. The fourth-order valence-electron chi connectivity index (χ4n) is 5.68. The van der Waals surface area contributed by atoms with Crippen LogP contribution in [-0.2, 0) is 20.8 Å². The number of fused-ring (bicyclic) bond motifs is 3. The molecule has 4 unspecified atom stereocenters. The summed E-state index contributed by atoms with van der Waals surface area (Å²) in [5.41, 5.74) is 2.20. The van der Waals surface area contributed by atoms with Crippen molar-refractivity contribution in [1.82, 2.24) is 4.90 Å². The zero-order valence-electron chi connectivity index (χ0n) is 19.9. The Balaban J connectivity index is 1.91. The molecular formula is C25H30N2O8. The number of rotatable bonds is 6. The van der Waals surface area contributed by atoms with Gasteiger partial charge in [-0.3, -0.25) is 19.3 Å². The first kappa shape index (κ1) is 24.7. The summed E-state index contributed by atoms with van der Waals surface area (Å²) in [7, 11) is 3.12. The van der Waals surface area contributed by atoms with E-state index in [1.165, 1.54) is 11.0 Å². The zero-order chi connectivity index (χ0) is 25.8. The third-order valence-electron chi connectivity index (χ3n) is 7.32. The van der Waals surface area contributed by atoms with Gasteiger partial charge in [0.05, 0.1) is 18.2 Å². The van der Waals surface area contributed by atoms with Crippen molar-refractivity contribution in [2.24, 2.45) is 17.6 Å². The lowest BCUT2D eigenvalue weighted by atomic mass is 9.57. The first-order chi connectivity index (χ1) is 16.5. The summed E-state index contributed by atoms with van der Waals surface area (Å²) in [5.74, 6) is -6.25. The van der Waals surface area contributed by atoms with Crippen molar-refractivity contribution in [3.05, 3.63) is 40.2 Å². The van der Waals surface area contributed by atoms with Crippen LogP contribution in [0.15, 0.2) is 29.0 Å². The summed E-state index contributed by atoms with van der Waals surface area (Å²) in [4.78, 5) is 40.3. The number of nitrogens with zero attached hydrogens (tertiary/aromatic N) is 1. The Labute approximate surface area is 202 Å². The second kappa shape index (κ2) is 8.69. The summed E-state index contributed by atoms with van der Waals surface area (Å²) in [6.07, 6.45) is 1.96. The lowest BCUT2D eigenvalue weighted by Crippen LogP contribution is -2.65. The van der Waals surface area contributed by atoms with Gasteiger partial charge in [0.25, 0.3) is 5.91 Å². The molecule has 4 atom stereocenters. The van der Waals surface area contributed by atoms with Crippen LogP contribution in [-0.4, -0.2) is 75.1 Å². The predicted molar refractivity (Wildman–Crippen MR) is 125 cm³/mol. The number of nitrogens with two attached hydrogens (primary N) is 1. The molecule has 10 heteroatoms. The normalized spacial score (nSPS) is 28.1. The molecule has 3 aliphatic carbocycles. The monoisotopic (exact) mass is 486 g/mol. The van der Waals surface area contributed by atoms with Crippen LogP contribution in [0, 0.1) is 11.8 Å². The Morgan fingerprint density at radius 2 is 1.91 bits per heavy atom. The van der Waals surface area contributed by atoms with Crippen molar-refractivity contribution in [3.8, 4) is 11.5 Å². The summed E-state index contributed by atoms with van der Waals surface area (Å²) in [5, 5.41) is 44.1. The number of aromatic hydroxyl groups is 1. The van der Waals surface area contributed by atoms with Crippen LogP contribution in [0.4, 0.5) is 0 Å². The van der Waals surface area contributed by atoms with Crippen LogP contribution in [0.2, 0.25) is 0 Å². The summed E-state index contributed by atoms with van der Waals surface area (Å²) < 4.78 is 5.87. The number of phenols is 1. The molecule has 1 amide bonds. The van der Waals surface area contributed by atoms with E-state index in [2.05, 4.69) is 0 Å². The first-order valence-corrected chi connectivity index (χ1v) is 11.6. The summed E-state index contributed by atoms with van der Waals surface area (Å²) in [6.45, 7) is 2.45. The number of benzene rings is 1. The standard InChI is InChI=1S/C25H30N2O8/c1-4-5-8-35-15-7-6-14(28)17-12(15)9-11-10-13-19(27(2)3)21(30)18(24(26)33)23(32)25(13,34)22(31)16(11)20(17)29/h6-7,11,13,19,28-29,32,34H,4-5,8-10H2,1-3H3,(H2,26,33). The van der Waals surface area contributed by atoms with E-state index in [-0.39, 0.29) is 29.7 Å². The van der Waals surface area contributed by atoms with Crippen LogP contribution >= 0.6 is 0 Å². The van der Waals surface area contributed by atoms with Crippen molar-refractivity contribution >= 4 is 23.2 Å². The Morgan fingerprint density at radius 1 is 1.23 bits per heavy atom. The van der Waals surface area contributed by atoms with Gasteiger partial charge in [-0.25, -0.2) is 0 Å². The zero-order valence-corrected chi connectivity index (χ0v) is 19.9. The second-order valence-electron chi connectivity index (χ2n) is 9.60.